The van der Waals surface area contributed by atoms with E-state index in [0.717, 1.165) is 0 Å². The second-order valence-corrected chi connectivity index (χ2v) is 3.29. The second kappa shape index (κ2) is 3.82. The van der Waals surface area contributed by atoms with E-state index in [4.69, 9.17) is 16.0 Å². The molecule has 15 heavy (non-hydrogen) atoms. The van der Waals surface area contributed by atoms with Gasteiger partial charge in [0.25, 0.3) is 0 Å². The van der Waals surface area contributed by atoms with Crippen LogP contribution in [0.1, 0.15) is 17.4 Å². The molecule has 0 bridgehead atoms. The minimum Gasteiger partial charge on any atom is -0.444 e. The number of aromatic nitrogens is 2. The Morgan fingerprint density at radius 1 is 1.53 bits per heavy atom. The first-order valence-corrected chi connectivity index (χ1v) is 4.63. The summed E-state index contributed by atoms with van der Waals surface area (Å²) in [6, 6.07) is 3.45. The molecule has 2 rings (SSSR count). The van der Waals surface area contributed by atoms with Crippen molar-refractivity contribution >= 4 is 17.4 Å². The van der Waals surface area contributed by atoms with Crippen molar-refractivity contribution < 1.29 is 9.21 Å². The second-order valence-electron chi connectivity index (χ2n) is 2.94. The molecule has 0 spiro atoms. The molecule has 5 heteroatoms. The summed E-state index contributed by atoms with van der Waals surface area (Å²) < 4.78 is 5.14. The molecule has 4 nitrogen and oxygen atoms in total. The lowest BCUT2D eigenvalue weighted by Gasteiger charge is -1.95. The van der Waals surface area contributed by atoms with Gasteiger partial charge < -0.3 is 4.42 Å². The monoisotopic (exact) mass is 222 g/mol. The number of pyridine rings is 1. The molecule has 0 N–H and O–H groups in total. The molecular weight excluding hydrogens is 216 g/mol. The number of hydrogen-bond donors (Lipinski definition) is 0. The number of carbonyl (C=O) groups is 1. The fourth-order valence-corrected chi connectivity index (χ4v) is 1.30. The van der Waals surface area contributed by atoms with Crippen LogP contribution in [0.15, 0.2) is 29.0 Å². The van der Waals surface area contributed by atoms with Crippen LogP contribution in [0, 0.1) is 0 Å². The zero-order valence-corrected chi connectivity index (χ0v) is 8.65. The van der Waals surface area contributed by atoms with Crippen molar-refractivity contribution in [3.05, 3.63) is 35.4 Å². The van der Waals surface area contributed by atoms with E-state index in [1.165, 1.54) is 13.2 Å². The van der Waals surface area contributed by atoms with E-state index in [2.05, 4.69) is 9.97 Å². The molecule has 0 unspecified atom stereocenters. The molecule has 0 saturated carbocycles. The lowest BCUT2D eigenvalue weighted by molar-refractivity contribution is 0.101. The Labute approximate surface area is 90.9 Å². The molecule has 0 saturated heterocycles. The fourth-order valence-electron chi connectivity index (χ4n) is 1.10. The molecule has 2 aromatic rings. The quantitative estimate of drug-likeness (QED) is 0.579. The Hall–Kier alpha value is -1.68. The van der Waals surface area contributed by atoms with Gasteiger partial charge in [-0.15, -0.1) is 0 Å². The Morgan fingerprint density at radius 2 is 2.33 bits per heavy atom. The number of oxazole rings is 1. The molecule has 0 aliphatic rings. The zero-order valence-electron chi connectivity index (χ0n) is 7.90. The van der Waals surface area contributed by atoms with Crippen molar-refractivity contribution in [2.75, 3.05) is 0 Å². The van der Waals surface area contributed by atoms with Gasteiger partial charge in [-0.3, -0.25) is 4.79 Å². The van der Waals surface area contributed by atoms with E-state index in [0.29, 0.717) is 16.6 Å². The maximum absolute atomic E-state index is 11.0. The summed E-state index contributed by atoms with van der Waals surface area (Å²) in [4.78, 5) is 18.9. The summed E-state index contributed by atoms with van der Waals surface area (Å²) in [5.41, 5.74) is 0.858. The van der Waals surface area contributed by atoms with Crippen molar-refractivity contribution in [3.63, 3.8) is 0 Å². The van der Waals surface area contributed by atoms with Crippen LogP contribution >= 0.6 is 11.6 Å². The van der Waals surface area contributed by atoms with Crippen LogP contribution in [0.4, 0.5) is 0 Å². The molecule has 0 atom stereocenters. The third-order valence-electron chi connectivity index (χ3n) is 1.85. The Kier molecular flexibility index (Phi) is 2.51. The van der Waals surface area contributed by atoms with Gasteiger partial charge in [0.15, 0.2) is 5.78 Å². The first kappa shape index (κ1) is 9.86. The molecule has 0 aliphatic carbocycles. The number of ketones is 1. The predicted molar refractivity (Wildman–Crippen MR) is 54.7 cm³/mol. The minimum absolute atomic E-state index is 0.148. The molecule has 0 radical (unpaired) electrons. The first-order chi connectivity index (χ1) is 7.18. The minimum atomic E-state index is -0.148. The Bertz CT molecular complexity index is 508. The van der Waals surface area contributed by atoms with E-state index >= 15 is 0 Å². The lowest BCUT2D eigenvalue weighted by Crippen LogP contribution is -1.91. The van der Waals surface area contributed by atoms with Gasteiger partial charge in [-0.25, -0.2) is 9.97 Å². The highest BCUT2D eigenvalue weighted by Crippen LogP contribution is 2.24. The Balaban J connectivity index is 2.46. The smallest absolute Gasteiger partial charge is 0.229 e. The van der Waals surface area contributed by atoms with Crippen LogP contribution in [0.25, 0.3) is 11.5 Å². The number of Topliss-reactive ketones (excluding diaryl/α,β-unsaturated/α-hetero) is 1. The topological polar surface area (TPSA) is 56.0 Å². The molecule has 0 aliphatic heterocycles. The highest BCUT2D eigenvalue weighted by Gasteiger charge is 2.12. The highest BCUT2D eigenvalue weighted by molar-refractivity contribution is 6.31. The van der Waals surface area contributed by atoms with Crippen molar-refractivity contribution in [1.29, 1.82) is 0 Å². The van der Waals surface area contributed by atoms with Gasteiger partial charge in [-0.05, 0) is 12.1 Å². The number of rotatable bonds is 2. The summed E-state index contributed by atoms with van der Waals surface area (Å²) in [6.07, 6.45) is 2.88. The molecule has 0 aromatic carbocycles. The van der Waals surface area contributed by atoms with Crippen LogP contribution < -0.4 is 0 Å². The molecular formula is C10H7ClN2O2. The average molecular weight is 223 g/mol. The summed E-state index contributed by atoms with van der Waals surface area (Å²) in [5, 5.41) is 0.300. The first-order valence-electron chi connectivity index (χ1n) is 4.26. The van der Waals surface area contributed by atoms with Crippen molar-refractivity contribution in [3.8, 4) is 11.5 Å². The fraction of sp³-hybridized carbons (Fsp3) is 0.100. The third-order valence-corrected chi connectivity index (χ3v) is 2.16. The zero-order chi connectivity index (χ0) is 10.8. The van der Waals surface area contributed by atoms with Crippen LogP contribution in [0.3, 0.4) is 0 Å². The molecule has 2 heterocycles. The van der Waals surface area contributed by atoms with Crippen LogP contribution in [-0.2, 0) is 0 Å². The van der Waals surface area contributed by atoms with Gasteiger partial charge in [0.2, 0.25) is 5.89 Å². The summed E-state index contributed by atoms with van der Waals surface area (Å²) in [6.45, 7) is 1.42. The van der Waals surface area contributed by atoms with Gasteiger partial charge in [-0.1, -0.05) is 11.6 Å². The maximum Gasteiger partial charge on any atom is 0.229 e. The largest absolute Gasteiger partial charge is 0.444 e. The molecule has 0 amide bonds. The predicted octanol–water partition coefficient (Wildman–Crippen LogP) is 2.59. The summed E-state index contributed by atoms with van der Waals surface area (Å²) in [7, 11) is 0. The SMILES string of the molecule is CC(=O)c1coc(-c2cccnc2Cl)n1. The van der Waals surface area contributed by atoms with Gasteiger partial charge in [-0.2, -0.15) is 0 Å². The van der Waals surface area contributed by atoms with Crippen molar-refractivity contribution in [2.45, 2.75) is 6.92 Å². The molecule has 2 aromatic heterocycles. The number of halogens is 1. The van der Waals surface area contributed by atoms with E-state index in [9.17, 15) is 4.79 Å². The van der Waals surface area contributed by atoms with Crippen molar-refractivity contribution in [1.82, 2.24) is 9.97 Å². The van der Waals surface area contributed by atoms with Crippen molar-refractivity contribution in [2.24, 2.45) is 0 Å². The van der Waals surface area contributed by atoms with Crippen LogP contribution in [0.2, 0.25) is 5.15 Å². The Morgan fingerprint density at radius 3 is 2.93 bits per heavy atom. The highest BCUT2D eigenvalue weighted by atomic mass is 35.5. The van der Waals surface area contributed by atoms with E-state index < -0.39 is 0 Å². The van der Waals surface area contributed by atoms with Gasteiger partial charge in [0.1, 0.15) is 17.1 Å². The van der Waals surface area contributed by atoms with E-state index in [-0.39, 0.29) is 11.5 Å². The molecule has 0 fully saturated rings. The number of carbonyl (C=O) groups excluding carboxylic acids is 1. The number of hydrogen-bond acceptors (Lipinski definition) is 4. The lowest BCUT2D eigenvalue weighted by atomic mass is 10.3. The summed E-state index contributed by atoms with van der Waals surface area (Å²) in [5.74, 6) is 0.156. The van der Waals surface area contributed by atoms with Crippen LogP contribution in [0.5, 0.6) is 0 Å². The van der Waals surface area contributed by atoms with Gasteiger partial charge in [0, 0.05) is 13.1 Å². The average Bonchev–Trinajstić information content (AvgIpc) is 2.67. The number of nitrogens with zero attached hydrogens (tertiary/aromatic N) is 2. The third kappa shape index (κ3) is 1.89. The van der Waals surface area contributed by atoms with E-state index in [1.807, 2.05) is 0 Å². The van der Waals surface area contributed by atoms with Gasteiger partial charge in [0.05, 0.1) is 5.56 Å². The summed E-state index contributed by atoms with van der Waals surface area (Å²) >= 11 is 5.85. The molecule has 76 valence electrons. The van der Waals surface area contributed by atoms with E-state index in [1.54, 1.807) is 18.3 Å². The standard InChI is InChI=1S/C10H7ClN2O2/c1-6(14)8-5-15-10(13-8)7-3-2-4-12-9(7)11/h2-5H,1H3. The normalized spacial score (nSPS) is 10.3. The van der Waals surface area contributed by atoms with Crippen LogP contribution in [-0.4, -0.2) is 15.8 Å². The van der Waals surface area contributed by atoms with Gasteiger partial charge >= 0.3 is 0 Å². The maximum atomic E-state index is 11.0.